The highest BCUT2D eigenvalue weighted by atomic mass is 35.5. The maximum absolute atomic E-state index is 12.7. The summed E-state index contributed by atoms with van der Waals surface area (Å²) >= 11 is 7.22. The molecule has 0 radical (unpaired) electrons. The fourth-order valence-corrected chi connectivity index (χ4v) is 3.94. The van der Waals surface area contributed by atoms with E-state index in [1.807, 2.05) is 0 Å². The molecule has 0 fully saturated rings. The molecule has 1 aromatic heterocycles. The third-order valence-electron chi connectivity index (χ3n) is 4.11. The monoisotopic (exact) mass is 427 g/mol. The van der Waals surface area contributed by atoms with Crippen molar-refractivity contribution in [3.8, 4) is 0 Å². The first-order valence-corrected chi connectivity index (χ1v) is 9.88. The maximum atomic E-state index is 12.7. The number of amides is 3. The van der Waals surface area contributed by atoms with Crippen LogP contribution in [0.3, 0.4) is 0 Å². The minimum absolute atomic E-state index is 0.0268. The van der Waals surface area contributed by atoms with E-state index in [9.17, 15) is 14.4 Å². The lowest BCUT2D eigenvalue weighted by molar-refractivity contribution is -0.117. The molecule has 29 heavy (non-hydrogen) atoms. The molecule has 0 unspecified atom stereocenters. The molecule has 0 atom stereocenters. The molecule has 0 aliphatic carbocycles. The van der Waals surface area contributed by atoms with Gasteiger partial charge in [0, 0.05) is 5.69 Å². The van der Waals surface area contributed by atoms with E-state index >= 15 is 0 Å². The highest BCUT2D eigenvalue weighted by Gasteiger charge is 2.18. The number of anilines is 2. The number of halogens is 1. The van der Waals surface area contributed by atoms with Crippen molar-refractivity contribution < 1.29 is 14.4 Å². The summed E-state index contributed by atoms with van der Waals surface area (Å²) in [6, 6.07) is 15.4. The largest absolute Gasteiger partial charge is 0.369 e. The zero-order valence-corrected chi connectivity index (χ0v) is 17.1. The lowest BCUT2D eigenvalue weighted by Crippen LogP contribution is -2.17. The fourth-order valence-electron chi connectivity index (χ4n) is 2.76. The van der Waals surface area contributed by atoms with Crippen molar-refractivity contribution in [2.75, 3.05) is 10.6 Å². The summed E-state index contributed by atoms with van der Waals surface area (Å²) < 4.78 is 0. The Morgan fingerprint density at radius 2 is 1.69 bits per heavy atom. The number of para-hydroxylation sites is 1. The van der Waals surface area contributed by atoms with E-state index in [2.05, 4.69) is 10.6 Å². The third kappa shape index (κ3) is 5.01. The van der Waals surface area contributed by atoms with Crippen LogP contribution in [0.15, 0.2) is 54.6 Å². The van der Waals surface area contributed by atoms with Gasteiger partial charge < -0.3 is 16.4 Å². The Hall–Kier alpha value is -3.16. The van der Waals surface area contributed by atoms with Gasteiger partial charge in [-0.25, -0.2) is 0 Å². The Bertz CT molecular complexity index is 1090. The number of primary amides is 1. The van der Waals surface area contributed by atoms with Crippen molar-refractivity contribution >= 4 is 51.3 Å². The third-order valence-corrected chi connectivity index (χ3v) is 5.59. The van der Waals surface area contributed by atoms with E-state index in [1.54, 1.807) is 61.5 Å². The molecule has 3 amide bonds. The van der Waals surface area contributed by atoms with E-state index in [1.165, 1.54) is 0 Å². The topological polar surface area (TPSA) is 101 Å². The van der Waals surface area contributed by atoms with Gasteiger partial charge >= 0.3 is 0 Å². The van der Waals surface area contributed by atoms with Crippen molar-refractivity contribution in [2.24, 2.45) is 5.73 Å². The second-order valence-corrected chi connectivity index (χ2v) is 7.77. The molecule has 6 nitrogen and oxygen atoms in total. The number of rotatable bonds is 6. The molecule has 2 aromatic carbocycles. The summed E-state index contributed by atoms with van der Waals surface area (Å²) in [4.78, 5) is 36.9. The Morgan fingerprint density at radius 3 is 2.41 bits per heavy atom. The van der Waals surface area contributed by atoms with Crippen LogP contribution in [0.25, 0.3) is 0 Å². The van der Waals surface area contributed by atoms with Gasteiger partial charge in [-0.05, 0) is 42.3 Å². The minimum atomic E-state index is -0.483. The molecule has 4 N–H and O–H groups in total. The first-order chi connectivity index (χ1) is 13.8. The fraction of sp³-hybridized carbons (Fsp3) is 0.0952. The summed E-state index contributed by atoms with van der Waals surface area (Å²) in [6.45, 7) is 1.78. The molecule has 148 valence electrons. The molecular weight excluding hydrogens is 410 g/mol. The number of nitrogens with one attached hydrogen (secondary N) is 2. The van der Waals surface area contributed by atoms with Gasteiger partial charge in [0.2, 0.25) is 5.91 Å². The molecule has 0 spiro atoms. The minimum Gasteiger partial charge on any atom is -0.369 e. The van der Waals surface area contributed by atoms with Crippen molar-refractivity contribution in [2.45, 2.75) is 13.3 Å². The zero-order valence-electron chi connectivity index (χ0n) is 15.5. The Morgan fingerprint density at radius 1 is 1.00 bits per heavy atom. The molecule has 3 aromatic rings. The second kappa shape index (κ2) is 8.89. The summed E-state index contributed by atoms with van der Waals surface area (Å²) in [7, 11) is 0. The number of carbonyl (C=O) groups is 3. The quantitative estimate of drug-likeness (QED) is 0.548. The molecule has 0 aliphatic rings. The van der Waals surface area contributed by atoms with Crippen LogP contribution in [-0.2, 0) is 11.2 Å². The number of aryl methyl sites for hydroxylation is 1. The van der Waals surface area contributed by atoms with E-state index < -0.39 is 5.91 Å². The van der Waals surface area contributed by atoms with Crippen molar-refractivity contribution in [1.29, 1.82) is 0 Å². The van der Waals surface area contributed by atoms with Crippen LogP contribution in [0.5, 0.6) is 0 Å². The van der Waals surface area contributed by atoms with Gasteiger partial charge in [0.1, 0.15) is 0 Å². The highest BCUT2D eigenvalue weighted by molar-refractivity contribution is 7.18. The van der Waals surface area contributed by atoms with Gasteiger partial charge in [0.15, 0.2) is 0 Å². The molecule has 0 bridgehead atoms. The smallest absolute Gasteiger partial charge is 0.266 e. The van der Waals surface area contributed by atoms with E-state index in [0.29, 0.717) is 37.3 Å². The molecule has 8 heteroatoms. The Balaban J connectivity index is 1.77. The van der Waals surface area contributed by atoms with Crippen LogP contribution < -0.4 is 16.4 Å². The van der Waals surface area contributed by atoms with Crippen molar-refractivity contribution in [1.82, 2.24) is 0 Å². The van der Waals surface area contributed by atoms with Crippen molar-refractivity contribution in [3.05, 3.63) is 81.2 Å². The summed E-state index contributed by atoms with van der Waals surface area (Å²) in [6.07, 6.45) is 0.0268. The molecule has 3 rings (SSSR count). The van der Waals surface area contributed by atoms with Gasteiger partial charge in [-0.1, -0.05) is 41.9 Å². The number of benzene rings is 2. The molecule has 0 saturated carbocycles. The van der Waals surface area contributed by atoms with Crippen LogP contribution in [-0.4, -0.2) is 17.7 Å². The normalized spacial score (nSPS) is 10.4. The van der Waals surface area contributed by atoms with Gasteiger partial charge in [-0.3, -0.25) is 14.4 Å². The van der Waals surface area contributed by atoms with Crippen LogP contribution in [0.4, 0.5) is 10.7 Å². The first kappa shape index (κ1) is 20.6. The Kier molecular flexibility index (Phi) is 6.31. The SMILES string of the molecule is Cc1cc(NC(=O)c2ccccc2Cl)sc1C(=O)Nc1ccccc1CC(N)=O. The number of carbonyl (C=O) groups excluding carboxylic acids is 3. The van der Waals surface area contributed by atoms with E-state index in [-0.39, 0.29) is 18.2 Å². The van der Waals surface area contributed by atoms with Gasteiger partial charge in [0.05, 0.1) is 26.9 Å². The number of hydrogen-bond donors (Lipinski definition) is 3. The van der Waals surface area contributed by atoms with Gasteiger partial charge in [-0.15, -0.1) is 11.3 Å². The summed E-state index contributed by atoms with van der Waals surface area (Å²) in [5.41, 5.74) is 7.49. The van der Waals surface area contributed by atoms with Crippen molar-refractivity contribution in [3.63, 3.8) is 0 Å². The number of nitrogens with two attached hydrogens (primary N) is 1. The lowest BCUT2D eigenvalue weighted by atomic mass is 10.1. The summed E-state index contributed by atoms with van der Waals surface area (Å²) in [5.74, 6) is -1.16. The Labute approximate surface area is 176 Å². The maximum Gasteiger partial charge on any atom is 0.266 e. The second-order valence-electron chi connectivity index (χ2n) is 6.31. The summed E-state index contributed by atoms with van der Waals surface area (Å²) in [5, 5.41) is 6.46. The number of thiophene rings is 1. The van der Waals surface area contributed by atoms with Gasteiger partial charge in [0.25, 0.3) is 11.8 Å². The molecule has 0 aliphatic heterocycles. The molecule has 1 heterocycles. The highest BCUT2D eigenvalue weighted by Crippen LogP contribution is 2.29. The van der Waals surface area contributed by atoms with Crippen LogP contribution in [0.2, 0.25) is 5.02 Å². The zero-order chi connectivity index (χ0) is 21.0. The number of hydrogen-bond acceptors (Lipinski definition) is 4. The van der Waals surface area contributed by atoms with Crippen LogP contribution >= 0.6 is 22.9 Å². The van der Waals surface area contributed by atoms with E-state index in [0.717, 1.165) is 11.3 Å². The lowest BCUT2D eigenvalue weighted by Gasteiger charge is -2.09. The standard InChI is InChI=1S/C21H18ClN3O3S/c1-12-10-18(25-20(27)14-7-3-4-8-15(14)22)29-19(12)21(28)24-16-9-5-2-6-13(16)11-17(23)26/h2-10H,11H2,1H3,(H2,23,26)(H,24,28)(H,25,27). The molecule has 0 saturated heterocycles. The predicted octanol–water partition coefficient (Wildman–Crippen LogP) is 4.24. The van der Waals surface area contributed by atoms with Crippen LogP contribution in [0.1, 0.15) is 31.2 Å². The van der Waals surface area contributed by atoms with Crippen LogP contribution in [0, 0.1) is 6.92 Å². The van der Waals surface area contributed by atoms with E-state index in [4.69, 9.17) is 17.3 Å². The molecular formula is C21H18ClN3O3S. The first-order valence-electron chi connectivity index (χ1n) is 8.69. The van der Waals surface area contributed by atoms with Gasteiger partial charge in [-0.2, -0.15) is 0 Å². The predicted molar refractivity (Wildman–Crippen MR) is 116 cm³/mol. The average Bonchev–Trinajstić information content (AvgIpc) is 3.03. The average molecular weight is 428 g/mol.